The molecule has 0 bridgehead atoms. The number of rotatable bonds is 6. The Kier molecular flexibility index (Phi) is 6.10. The molecule has 2 atom stereocenters. The molecule has 0 spiro atoms. The summed E-state index contributed by atoms with van der Waals surface area (Å²) >= 11 is 0. The second-order valence-corrected chi connectivity index (χ2v) is 9.29. The van der Waals surface area contributed by atoms with Gasteiger partial charge in [0.05, 0.1) is 6.04 Å². The molecule has 1 aliphatic heterocycles. The van der Waals surface area contributed by atoms with Crippen molar-refractivity contribution >= 4 is 22.9 Å². The molecule has 2 aromatic carbocycles. The van der Waals surface area contributed by atoms with Crippen LogP contribution in [0, 0.1) is 11.6 Å². The van der Waals surface area contributed by atoms with E-state index in [-0.39, 0.29) is 23.6 Å². The van der Waals surface area contributed by atoms with E-state index in [1.54, 1.807) is 0 Å². The fraction of sp³-hybridized carbons (Fsp3) is 0.346. The lowest BCUT2D eigenvalue weighted by Gasteiger charge is -2.41. The van der Waals surface area contributed by atoms with Gasteiger partial charge in [0.15, 0.2) is 0 Å². The van der Waals surface area contributed by atoms with E-state index in [0.717, 1.165) is 40.8 Å². The van der Waals surface area contributed by atoms with Crippen LogP contribution in [0.2, 0.25) is 0 Å². The SMILES string of the molecule is C[C@@H]1Cc2c([nH]c3ccccc23)[C@@H](c2c(F)cc(/C=C/C(=O)O)cc2F)N1CCC(C)(C)F. The van der Waals surface area contributed by atoms with E-state index in [0.29, 0.717) is 18.7 Å². The Hall–Kier alpha value is -3.06. The first kappa shape index (κ1) is 23.1. The fourth-order valence-corrected chi connectivity index (χ4v) is 4.69. The minimum absolute atomic E-state index is 0.0746. The molecule has 174 valence electrons. The van der Waals surface area contributed by atoms with Gasteiger partial charge in [-0.15, -0.1) is 0 Å². The quantitative estimate of drug-likeness (QED) is 0.446. The molecule has 2 heterocycles. The zero-order valence-electron chi connectivity index (χ0n) is 18.8. The number of benzene rings is 2. The minimum Gasteiger partial charge on any atom is -0.478 e. The summed E-state index contributed by atoms with van der Waals surface area (Å²) < 4.78 is 45.2. The van der Waals surface area contributed by atoms with Crippen LogP contribution in [0.3, 0.4) is 0 Å². The summed E-state index contributed by atoms with van der Waals surface area (Å²) in [6.45, 7) is 5.30. The summed E-state index contributed by atoms with van der Waals surface area (Å²) in [5.41, 5.74) is 1.17. The molecule has 0 saturated heterocycles. The first-order valence-corrected chi connectivity index (χ1v) is 11.0. The second kappa shape index (κ2) is 8.71. The lowest BCUT2D eigenvalue weighted by atomic mass is 9.87. The third-order valence-corrected chi connectivity index (χ3v) is 6.28. The highest BCUT2D eigenvalue weighted by atomic mass is 19.1. The number of aliphatic carboxylic acids is 1. The van der Waals surface area contributed by atoms with Gasteiger partial charge < -0.3 is 10.1 Å². The number of aromatic nitrogens is 1. The van der Waals surface area contributed by atoms with Gasteiger partial charge in [-0.05, 0) is 69.0 Å². The number of carboxylic acid groups (broad SMARTS) is 1. The number of nitrogens with one attached hydrogen (secondary N) is 1. The third kappa shape index (κ3) is 4.69. The maximum atomic E-state index is 15.4. The molecule has 0 radical (unpaired) electrons. The average Bonchev–Trinajstić information content (AvgIpc) is 3.08. The van der Waals surface area contributed by atoms with Crippen molar-refractivity contribution in [3.63, 3.8) is 0 Å². The van der Waals surface area contributed by atoms with Gasteiger partial charge in [0, 0.05) is 40.8 Å². The average molecular weight is 457 g/mol. The highest BCUT2D eigenvalue weighted by molar-refractivity contribution is 5.86. The van der Waals surface area contributed by atoms with Gasteiger partial charge in [0.2, 0.25) is 0 Å². The zero-order chi connectivity index (χ0) is 23.9. The van der Waals surface area contributed by atoms with Gasteiger partial charge >= 0.3 is 5.97 Å². The summed E-state index contributed by atoms with van der Waals surface area (Å²) in [5, 5.41) is 9.83. The van der Waals surface area contributed by atoms with E-state index >= 15 is 8.78 Å². The molecule has 1 aliphatic rings. The lowest BCUT2D eigenvalue weighted by Crippen LogP contribution is -2.45. The summed E-state index contributed by atoms with van der Waals surface area (Å²) in [7, 11) is 0. The number of aromatic amines is 1. The monoisotopic (exact) mass is 456 g/mol. The van der Waals surface area contributed by atoms with E-state index in [1.165, 1.54) is 13.8 Å². The number of para-hydroxylation sites is 1. The Morgan fingerprint density at radius 3 is 2.55 bits per heavy atom. The van der Waals surface area contributed by atoms with Crippen LogP contribution < -0.4 is 0 Å². The van der Waals surface area contributed by atoms with Crippen molar-refractivity contribution in [2.45, 2.75) is 51.4 Å². The van der Waals surface area contributed by atoms with E-state index in [9.17, 15) is 9.18 Å². The number of carboxylic acids is 1. The molecule has 0 fully saturated rings. The predicted octanol–water partition coefficient (Wildman–Crippen LogP) is 6.02. The van der Waals surface area contributed by atoms with Crippen molar-refractivity contribution in [3.05, 3.63) is 76.5 Å². The molecule has 33 heavy (non-hydrogen) atoms. The molecule has 7 heteroatoms. The van der Waals surface area contributed by atoms with E-state index in [4.69, 9.17) is 5.11 Å². The molecular formula is C26H27F3N2O2. The number of hydrogen-bond acceptors (Lipinski definition) is 2. The zero-order valence-corrected chi connectivity index (χ0v) is 18.8. The number of halogens is 3. The van der Waals surface area contributed by atoms with Crippen LogP contribution in [0.25, 0.3) is 17.0 Å². The fourth-order valence-electron chi connectivity index (χ4n) is 4.69. The molecule has 0 unspecified atom stereocenters. The van der Waals surface area contributed by atoms with Crippen LogP contribution in [0.4, 0.5) is 13.2 Å². The number of hydrogen-bond donors (Lipinski definition) is 2. The second-order valence-electron chi connectivity index (χ2n) is 9.29. The largest absolute Gasteiger partial charge is 0.478 e. The molecule has 1 aromatic heterocycles. The van der Waals surface area contributed by atoms with Gasteiger partial charge in [-0.2, -0.15) is 0 Å². The van der Waals surface area contributed by atoms with Gasteiger partial charge in [-0.25, -0.2) is 18.0 Å². The molecule has 3 aromatic rings. The van der Waals surface area contributed by atoms with Crippen molar-refractivity contribution < 1.29 is 23.1 Å². The van der Waals surface area contributed by atoms with Crippen molar-refractivity contribution in [2.24, 2.45) is 0 Å². The molecule has 0 saturated carbocycles. The summed E-state index contributed by atoms with van der Waals surface area (Å²) in [6.07, 6.45) is 2.87. The Labute approximate surface area is 190 Å². The summed E-state index contributed by atoms with van der Waals surface area (Å²) in [6, 6.07) is 9.17. The van der Waals surface area contributed by atoms with Crippen LogP contribution in [0.15, 0.2) is 42.5 Å². The molecule has 0 aliphatic carbocycles. The summed E-state index contributed by atoms with van der Waals surface area (Å²) in [4.78, 5) is 16.1. The number of H-pyrrole nitrogens is 1. The summed E-state index contributed by atoms with van der Waals surface area (Å²) in [5.74, 6) is -2.75. The van der Waals surface area contributed by atoms with Gasteiger partial charge in [-0.1, -0.05) is 18.2 Å². The maximum Gasteiger partial charge on any atom is 0.328 e. The molecule has 2 N–H and O–H groups in total. The Balaban J connectivity index is 1.87. The highest BCUT2D eigenvalue weighted by Gasteiger charge is 2.39. The normalized spacial score (nSPS) is 19.3. The molecule has 0 amide bonds. The topological polar surface area (TPSA) is 56.3 Å². The smallest absolute Gasteiger partial charge is 0.328 e. The van der Waals surface area contributed by atoms with Gasteiger partial charge in [0.25, 0.3) is 0 Å². The van der Waals surface area contributed by atoms with Crippen molar-refractivity contribution in [3.8, 4) is 0 Å². The van der Waals surface area contributed by atoms with Crippen molar-refractivity contribution in [1.82, 2.24) is 9.88 Å². The highest BCUT2D eigenvalue weighted by Crippen LogP contribution is 2.43. The van der Waals surface area contributed by atoms with Crippen LogP contribution in [0.5, 0.6) is 0 Å². The molecular weight excluding hydrogens is 429 g/mol. The van der Waals surface area contributed by atoms with Crippen molar-refractivity contribution in [1.29, 1.82) is 0 Å². The molecule has 4 rings (SSSR count). The first-order chi connectivity index (χ1) is 15.5. The van der Waals surface area contributed by atoms with Gasteiger partial charge in [-0.3, -0.25) is 4.90 Å². The third-order valence-electron chi connectivity index (χ3n) is 6.28. The number of alkyl halides is 1. The Morgan fingerprint density at radius 2 is 1.91 bits per heavy atom. The predicted molar refractivity (Wildman–Crippen MR) is 123 cm³/mol. The Bertz CT molecular complexity index is 1200. The van der Waals surface area contributed by atoms with Crippen LogP contribution in [-0.2, 0) is 11.2 Å². The van der Waals surface area contributed by atoms with Crippen molar-refractivity contribution in [2.75, 3.05) is 6.54 Å². The lowest BCUT2D eigenvalue weighted by molar-refractivity contribution is -0.131. The minimum atomic E-state index is -1.42. The van der Waals surface area contributed by atoms with E-state index < -0.39 is 29.3 Å². The van der Waals surface area contributed by atoms with Crippen LogP contribution >= 0.6 is 0 Å². The number of fused-ring (bicyclic) bond motifs is 3. The Morgan fingerprint density at radius 1 is 1.24 bits per heavy atom. The van der Waals surface area contributed by atoms with E-state index in [2.05, 4.69) is 4.98 Å². The maximum absolute atomic E-state index is 15.4. The first-order valence-electron chi connectivity index (χ1n) is 11.0. The number of carbonyl (C=O) groups is 1. The van der Waals surface area contributed by atoms with Gasteiger partial charge in [0.1, 0.15) is 17.3 Å². The van der Waals surface area contributed by atoms with Crippen LogP contribution in [-0.4, -0.2) is 39.2 Å². The standard InChI is InChI=1S/C26H27F3N2O2/c1-15-12-18-17-6-4-5-7-21(17)30-24(18)25(31(15)11-10-26(2,3)29)23-19(27)13-16(14-20(23)28)8-9-22(32)33/h4-9,13-15,25,30H,10-12H2,1-3H3,(H,32,33)/b9-8+/t15-,25-/m1/s1. The molecule has 4 nitrogen and oxygen atoms in total. The number of nitrogens with zero attached hydrogens (tertiary/aromatic N) is 1. The van der Waals surface area contributed by atoms with E-state index in [1.807, 2.05) is 36.1 Å². The van der Waals surface area contributed by atoms with Crippen LogP contribution in [0.1, 0.15) is 55.6 Å².